The first kappa shape index (κ1) is 15.8. The van der Waals surface area contributed by atoms with Gasteiger partial charge in [0.2, 0.25) is 0 Å². The molecule has 1 aromatic rings. The number of rotatable bonds is 5. The Labute approximate surface area is 132 Å². The molecule has 0 spiro atoms. The van der Waals surface area contributed by atoms with Crippen molar-refractivity contribution in [2.45, 2.75) is 32.2 Å². The third-order valence-corrected chi connectivity index (χ3v) is 5.14. The first-order valence-corrected chi connectivity index (χ1v) is 8.69. The van der Waals surface area contributed by atoms with Gasteiger partial charge in [-0.2, -0.15) is 0 Å². The van der Waals surface area contributed by atoms with Crippen LogP contribution in [0.1, 0.15) is 24.6 Å². The van der Waals surface area contributed by atoms with E-state index in [4.69, 9.17) is 4.74 Å². The molecule has 0 aliphatic carbocycles. The monoisotopic (exact) mass is 360 g/mol. The van der Waals surface area contributed by atoms with Crippen LogP contribution in [0.15, 0.2) is 15.9 Å². The van der Waals surface area contributed by atoms with Gasteiger partial charge in [0, 0.05) is 30.6 Å². The number of hydrogen-bond donors (Lipinski definition) is 1. The van der Waals surface area contributed by atoms with E-state index in [0.717, 1.165) is 38.9 Å². The molecule has 1 aromatic heterocycles. The zero-order chi connectivity index (χ0) is 14.4. The number of ether oxygens (including phenoxy) is 1. The Hall–Kier alpha value is -0.590. The van der Waals surface area contributed by atoms with Gasteiger partial charge < -0.3 is 15.0 Å². The van der Waals surface area contributed by atoms with Crippen molar-refractivity contribution in [1.29, 1.82) is 0 Å². The number of carbonyl (C=O) groups excluding carboxylic acids is 1. The van der Waals surface area contributed by atoms with Gasteiger partial charge in [-0.05, 0) is 54.2 Å². The van der Waals surface area contributed by atoms with Crippen molar-refractivity contribution in [2.75, 3.05) is 26.2 Å². The molecule has 0 unspecified atom stereocenters. The number of likely N-dealkylation sites (tertiary alicyclic amines) is 1. The summed E-state index contributed by atoms with van der Waals surface area (Å²) in [5.41, 5.74) is 0. The largest absolute Gasteiger partial charge is 0.450 e. The van der Waals surface area contributed by atoms with Crippen LogP contribution in [0.5, 0.6) is 0 Å². The number of halogens is 1. The van der Waals surface area contributed by atoms with Gasteiger partial charge in [-0.25, -0.2) is 4.79 Å². The van der Waals surface area contributed by atoms with Gasteiger partial charge in [0.05, 0.1) is 10.4 Å². The van der Waals surface area contributed by atoms with Crippen molar-refractivity contribution in [3.05, 3.63) is 20.8 Å². The highest BCUT2D eigenvalue weighted by atomic mass is 79.9. The Morgan fingerprint density at radius 3 is 2.85 bits per heavy atom. The molecular weight excluding hydrogens is 340 g/mol. The minimum absolute atomic E-state index is 0.172. The fourth-order valence-electron chi connectivity index (χ4n) is 2.37. The van der Waals surface area contributed by atoms with Crippen molar-refractivity contribution in [2.24, 2.45) is 0 Å². The van der Waals surface area contributed by atoms with Gasteiger partial charge in [-0.15, -0.1) is 11.3 Å². The predicted molar refractivity (Wildman–Crippen MR) is 85.3 cm³/mol. The van der Waals surface area contributed by atoms with Crippen LogP contribution in [-0.4, -0.2) is 43.3 Å². The molecule has 2 heterocycles. The maximum Gasteiger partial charge on any atom is 0.409 e. The lowest BCUT2D eigenvalue weighted by Crippen LogP contribution is -2.45. The molecule has 1 fully saturated rings. The zero-order valence-electron chi connectivity index (χ0n) is 11.7. The molecule has 20 heavy (non-hydrogen) atoms. The molecule has 112 valence electrons. The van der Waals surface area contributed by atoms with Crippen LogP contribution in [0.25, 0.3) is 0 Å². The van der Waals surface area contributed by atoms with Gasteiger partial charge in [0.15, 0.2) is 0 Å². The summed E-state index contributed by atoms with van der Waals surface area (Å²) >= 11 is 5.27. The maximum absolute atomic E-state index is 11.6. The van der Waals surface area contributed by atoms with Crippen LogP contribution in [0.3, 0.4) is 0 Å². The second-order valence-corrected chi connectivity index (χ2v) is 7.42. The second kappa shape index (κ2) is 8.00. The van der Waals surface area contributed by atoms with Gasteiger partial charge in [0.25, 0.3) is 0 Å². The van der Waals surface area contributed by atoms with Crippen LogP contribution in [-0.2, 0) is 11.2 Å². The van der Waals surface area contributed by atoms with Gasteiger partial charge in [0.1, 0.15) is 0 Å². The van der Waals surface area contributed by atoms with Crippen molar-refractivity contribution in [3.63, 3.8) is 0 Å². The van der Waals surface area contributed by atoms with Crippen molar-refractivity contribution >= 4 is 33.4 Å². The van der Waals surface area contributed by atoms with Crippen molar-refractivity contribution < 1.29 is 9.53 Å². The molecule has 6 heteroatoms. The lowest BCUT2D eigenvalue weighted by molar-refractivity contribution is 0.0952. The van der Waals surface area contributed by atoms with E-state index in [2.05, 4.69) is 33.4 Å². The molecule has 0 bridgehead atoms. The normalized spacial score (nSPS) is 16.4. The Balaban J connectivity index is 1.63. The van der Waals surface area contributed by atoms with Gasteiger partial charge >= 0.3 is 6.09 Å². The molecular formula is C14H21BrN2O2S. The molecule has 1 aliphatic rings. The molecule has 4 nitrogen and oxygen atoms in total. The van der Waals surface area contributed by atoms with Gasteiger partial charge in [-0.3, -0.25) is 0 Å². The van der Waals surface area contributed by atoms with E-state index in [0.29, 0.717) is 12.6 Å². The first-order valence-electron chi connectivity index (χ1n) is 7.08. The number of thiophene rings is 1. The quantitative estimate of drug-likeness (QED) is 0.875. The first-order chi connectivity index (χ1) is 9.69. The third kappa shape index (κ3) is 4.75. The zero-order valence-corrected chi connectivity index (χ0v) is 14.1. The summed E-state index contributed by atoms with van der Waals surface area (Å²) in [6, 6.07) is 4.78. The third-order valence-electron chi connectivity index (χ3n) is 3.45. The van der Waals surface area contributed by atoms with E-state index < -0.39 is 0 Å². The van der Waals surface area contributed by atoms with E-state index in [1.54, 1.807) is 16.2 Å². The standard InChI is InChI=1S/C14H21BrN2O2S/c1-2-19-14(18)17-9-6-11(7-10-17)16-8-5-12-3-4-13(15)20-12/h3-4,11,16H,2,5-10H2,1H3. The van der Waals surface area contributed by atoms with E-state index in [1.807, 2.05) is 6.92 Å². The Kier molecular flexibility index (Phi) is 6.32. The number of nitrogens with zero attached hydrogens (tertiary/aromatic N) is 1. The van der Waals surface area contributed by atoms with E-state index >= 15 is 0 Å². The lowest BCUT2D eigenvalue weighted by Gasteiger charge is -2.31. The lowest BCUT2D eigenvalue weighted by atomic mass is 10.1. The van der Waals surface area contributed by atoms with Crippen molar-refractivity contribution in [1.82, 2.24) is 10.2 Å². The van der Waals surface area contributed by atoms with E-state index in [-0.39, 0.29) is 6.09 Å². The Morgan fingerprint density at radius 1 is 1.50 bits per heavy atom. The minimum atomic E-state index is -0.172. The van der Waals surface area contributed by atoms with E-state index in [1.165, 1.54) is 8.66 Å². The predicted octanol–water partition coefficient (Wildman–Crippen LogP) is 3.26. The summed E-state index contributed by atoms with van der Waals surface area (Å²) in [5.74, 6) is 0. The van der Waals surface area contributed by atoms with E-state index in [9.17, 15) is 4.79 Å². The maximum atomic E-state index is 11.6. The highest BCUT2D eigenvalue weighted by molar-refractivity contribution is 9.11. The number of hydrogen-bond acceptors (Lipinski definition) is 4. The van der Waals surface area contributed by atoms with Gasteiger partial charge in [-0.1, -0.05) is 0 Å². The molecule has 0 aromatic carbocycles. The average molecular weight is 361 g/mol. The molecule has 1 saturated heterocycles. The fourth-order valence-corrected chi connectivity index (χ4v) is 3.85. The van der Waals surface area contributed by atoms with Crippen LogP contribution in [0, 0.1) is 0 Å². The summed E-state index contributed by atoms with van der Waals surface area (Å²) in [4.78, 5) is 14.8. The molecule has 0 atom stereocenters. The number of nitrogens with one attached hydrogen (secondary N) is 1. The van der Waals surface area contributed by atoms with Crippen molar-refractivity contribution in [3.8, 4) is 0 Å². The van der Waals surface area contributed by atoms with Crippen LogP contribution < -0.4 is 5.32 Å². The summed E-state index contributed by atoms with van der Waals surface area (Å²) in [6.07, 6.45) is 2.91. The molecule has 0 saturated carbocycles. The smallest absolute Gasteiger partial charge is 0.409 e. The molecule has 1 N–H and O–H groups in total. The highest BCUT2D eigenvalue weighted by Crippen LogP contribution is 2.22. The molecule has 1 aliphatic heterocycles. The summed E-state index contributed by atoms with van der Waals surface area (Å²) in [5, 5.41) is 3.58. The Bertz CT molecular complexity index is 431. The average Bonchev–Trinajstić information content (AvgIpc) is 2.85. The summed E-state index contributed by atoms with van der Waals surface area (Å²) in [6.45, 7) is 4.88. The Morgan fingerprint density at radius 2 is 2.25 bits per heavy atom. The highest BCUT2D eigenvalue weighted by Gasteiger charge is 2.22. The summed E-state index contributed by atoms with van der Waals surface area (Å²) in [7, 11) is 0. The topological polar surface area (TPSA) is 41.6 Å². The molecule has 1 amide bonds. The SMILES string of the molecule is CCOC(=O)N1CCC(NCCc2ccc(Br)s2)CC1. The number of amides is 1. The minimum Gasteiger partial charge on any atom is -0.450 e. The van der Waals surface area contributed by atoms with Crippen LogP contribution in [0.4, 0.5) is 4.79 Å². The summed E-state index contributed by atoms with van der Waals surface area (Å²) < 4.78 is 6.21. The fraction of sp³-hybridized carbons (Fsp3) is 0.643. The molecule has 0 radical (unpaired) electrons. The van der Waals surface area contributed by atoms with Crippen LogP contribution >= 0.6 is 27.3 Å². The van der Waals surface area contributed by atoms with Crippen LogP contribution in [0.2, 0.25) is 0 Å². The number of piperidine rings is 1. The number of carbonyl (C=O) groups is 1. The molecule has 2 rings (SSSR count). The second-order valence-electron chi connectivity index (χ2n) is 4.87.